The Hall–Kier alpha value is -0.380. The molecule has 0 amide bonds. The third kappa shape index (κ3) is 4.78. The maximum absolute atomic E-state index is 9.02. The van der Waals surface area contributed by atoms with Crippen molar-refractivity contribution in [2.24, 2.45) is 5.92 Å². The molecule has 3 heteroatoms. The number of rotatable bonds is 6. The van der Waals surface area contributed by atoms with E-state index >= 15 is 0 Å². The number of halogens is 1. The highest BCUT2D eigenvalue weighted by molar-refractivity contribution is 9.10. The van der Waals surface area contributed by atoms with Crippen molar-refractivity contribution in [2.75, 3.05) is 6.61 Å². The molecule has 0 aliphatic carbocycles. The van der Waals surface area contributed by atoms with E-state index in [0.29, 0.717) is 12.0 Å². The predicted molar refractivity (Wildman–Crippen MR) is 76.0 cm³/mol. The first kappa shape index (κ1) is 14.7. The van der Waals surface area contributed by atoms with Crippen LogP contribution >= 0.6 is 15.9 Å². The molecule has 96 valence electrons. The van der Waals surface area contributed by atoms with Crippen molar-refractivity contribution in [3.63, 3.8) is 0 Å². The Balaban J connectivity index is 2.59. The van der Waals surface area contributed by atoms with Gasteiger partial charge in [0.25, 0.3) is 0 Å². The van der Waals surface area contributed by atoms with Crippen LogP contribution in [0.3, 0.4) is 0 Å². The van der Waals surface area contributed by atoms with E-state index in [2.05, 4.69) is 60.2 Å². The lowest BCUT2D eigenvalue weighted by molar-refractivity contribution is 0.244. The first-order valence-corrected chi connectivity index (χ1v) is 6.93. The topological polar surface area (TPSA) is 32.3 Å². The zero-order valence-corrected chi connectivity index (χ0v) is 12.4. The van der Waals surface area contributed by atoms with Crippen LogP contribution in [0.15, 0.2) is 22.7 Å². The summed E-state index contributed by atoms with van der Waals surface area (Å²) in [6.07, 6.45) is 0.807. The molecule has 1 rings (SSSR count). The fourth-order valence-electron chi connectivity index (χ4n) is 1.85. The first-order chi connectivity index (χ1) is 8.04. The summed E-state index contributed by atoms with van der Waals surface area (Å²) in [4.78, 5) is 0. The van der Waals surface area contributed by atoms with Crippen LogP contribution < -0.4 is 5.32 Å². The van der Waals surface area contributed by atoms with Crippen LogP contribution in [0, 0.1) is 12.8 Å². The van der Waals surface area contributed by atoms with Crippen LogP contribution in [-0.4, -0.2) is 17.8 Å². The molecule has 0 aliphatic rings. The highest BCUT2D eigenvalue weighted by Crippen LogP contribution is 2.18. The molecule has 0 saturated heterocycles. The fraction of sp³-hybridized carbons (Fsp3) is 0.571. The van der Waals surface area contributed by atoms with Crippen molar-refractivity contribution in [3.05, 3.63) is 33.8 Å². The highest BCUT2D eigenvalue weighted by atomic mass is 79.9. The van der Waals surface area contributed by atoms with Crippen molar-refractivity contribution in [1.29, 1.82) is 0 Å². The van der Waals surface area contributed by atoms with Gasteiger partial charge >= 0.3 is 0 Å². The van der Waals surface area contributed by atoms with Gasteiger partial charge in [0.1, 0.15) is 0 Å². The van der Waals surface area contributed by atoms with E-state index < -0.39 is 0 Å². The van der Waals surface area contributed by atoms with Crippen molar-refractivity contribution in [2.45, 2.75) is 39.8 Å². The van der Waals surface area contributed by atoms with Gasteiger partial charge in [-0.3, -0.25) is 0 Å². The van der Waals surface area contributed by atoms with Crippen LogP contribution in [0.2, 0.25) is 0 Å². The van der Waals surface area contributed by atoms with Crippen molar-refractivity contribution < 1.29 is 5.11 Å². The van der Waals surface area contributed by atoms with Gasteiger partial charge < -0.3 is 10.4 Å². The molecule has 0 bridgehead atoms. The Morgan fingerprint density at radius 3 is 2.59 bits per heavy atom. The first-order valence-electron chi connectivity index (χ1n) is 6.14. The summed E-state index contributed by atoms with van der Waals surface area (Å²) < 4.78 is 1.15. The summed E-state index contributed by atoms with van der Waals surface area (Å²) >= 11 is 3.58. The van der Waals surface area contributed by atoms with Crippen LogP contribution in [0.1, 0.15) is 31.4 Å². The van der Waals surface area contributed by atoms with Gasteiger partial charge in [-0.1, -0.05) is 41.9 Å². The van der Waals surface area contributed by atoms with E-state index in [-0.39, 0.29) is 6.61 Å². The van der Waals surface area contributed by atoms with Gasteiger partial charge in [-0.25, -0.2) is 0 Å². The number of nitrogens with one attached hydrogen (secondary N) is 1. The van der Waals surface area contributed by atoms with E-state index in [1.165, 1.54) is 11.1 Å². The molecular weight excluding hydrogens is 278 g/mol. The monoisotopic (exact) mass is 299 g/mol. The quantitative estimate of drug-likeness (QED) is 0.845. The number of hydrogen-bond donors (Lipinski definition) is 2. The second kappa shape index (κ2) is 7.14. The third-order valence-electron chi connectivity index (χ3n) is 3.01. The van der Waals surface area contributed by atoms with Crippen LogP contribution in [0.5, 0.6) is 0 Å². The summed E-state index contributed by atoms with van der Waals surface area (Å²) in [6, 6.07) is 6.77. The summed E-state index contributed by atoms with van der Waals surface area (Å²) in [6.45, 7) is 7.52. The second-order valence-corrected chi connectivity index (χ2v) is 5.69. The van der Waals surface area contributed by atoms with Gasteiger partial charge in [0.2, 0.25) is 0 Å². The summed E-state index contributed by atoms with van der Waals surface area (Å²) in [5.74, 6) is 0.534. The minimum Gasteiger partial charge on any atom is -0.396 e. The van der Waals surface area contributed by atoms with Crippen LogP contribution in [-0.2, 0) is 6.54 Å². The van der Waals surface area contributed by atoms with Crippen molar-refractivity contribution in [3.8, 4) is 0 Å². The standard InChI is InChI=1S/C14H22BrNO/c1-10(2)14(6-7-17)16-9-12-5-4-11(3)8-13(12)15/h4-5,8,10,14,16-17H,6-7,9H2,1-3H3. The van der Waals surface area contributed by atoms with Gasteiger partial charge in [0, 0.05) is 23.7 Å². The van der Waals surface area contributed by atoms with E-state index in [9.17, 15) is 0 Å². The van der Waals surface area contributed by atoms with Crippen LogP contribution in [0.4, 0.5) is 0 Å². The number of benzene rings is 1. The summed E-state index contributed by atoms with van der Waals surface area (Å²) in [5, 5.41) is 12.5. The minimum atomic E-state index is 0.241. The molecule has 2 N–H and O–H groups in total. The molecule has 0 spiro atoms. The van der Waals surface area contributed by atoms with Crippen LogP contribution in [0.25, 0.3) is 0 Å². The van der Waals surface area contributed by atoms with Gasteiger partial charge in [0.05, 0.1) is 0 Å². The van der Waals surface area contributed by atoms with Gasteiger partial charge in [0.15, 0.2) is 0 Å². The predicted octanol–water partition coefficient (Wildman–Crippen LogP) is 3.25. The average Bonchev–Trinajstić information content (AvgIpc) is 2.25. The minimum absolute atomic E-state index is 0.241. The molecule has 1 aromatic carbocycles. The smallest absolute Gasteiger partial charge is 0.0445 e. The lowest BCUT2D eigenvalue weighted by Gasteiger charge is -2.22. The number of hydrogen-bond acceptors (Lipinski definition) is 2. The van der Waals surface area contributed by atoms with Gasteiger partial charge in [-0.05, 0) is 36.5 Å². The summed E-state index contributed by atoms with van der Waals surface area (Å²) in [5.41, 5.74) is 2.52. The lowest BCUT2D eigenvalue weighted by Crippen LogP contribution is -2.34. The van der Waals surface area contributed by atoms with E-state index in [0.717, 1.165) is 17.4 Å². The summed E-state index contributed by atoms with van der Waals surface area (Å²) in [7, 11) is 0. The maximum Gasteiger partial charge on any atom is 0.0445 e. The Bertz CT molecular complexity index is 352. The second-order valence-electron chi connectivity index (χ2n) is 4.84. The Labute approximate surface area is 113 Å². The molecule has 1 atom stereocenters. The molecule has 0 saturated carbocycles. The molecule has 0 aromatic heterocycles. The molecule has 0 radical (unpaired) electrons. The zero-order chi connectivity index (χ0) is 12.8. The molecule has 17 heavy (non-hydrogen) atoms. The molecule has 0 heterocycles. The van der Waals surface area contributed by atoms with Crippen molar-refractivity contribution >= 4 is 15.9 Å². The third-order valence-corrected chi connectivity index (χ3v) is 3.75. The molecule has 0 aliphatic heterocycles. The van der Waals surface area contributed by atoms with Crippen molar-refractivity contribution in [1.82, 2.24) is 5.32 Å². The zero-order valence-electron chi connectivity index (χ0n) is 10.8. The molecule has 1 unspecified atom stereocenters. The van der Waals surface area contributed by atoms with E-state index in [1.54, 1.807) is 0 Å². The molecule has 0 fully saturated rings. The normalized spacial score (nSPS) is 13.1. The Morgan fingerprint density at radius 2 is 2.06 bits per heavy atom. The molecule has 2 nitrogen and oxygen atoms in total. The number of aliphatic hydroxyl groups is 1. The lowest BCUT2D eigenvalue weighted by atomic mass is 10.0. The SMILES string of the molecule is Cc1ccc(CNC(CCO)C(C)C)c(Br)c1. The molecule has 1 aromatic rings. The largest absolute Gasteiger partial charge is 0.396 e. The molecular formula is C14H22BrNO. The van der Waals surface area contributed by atoms with Gasteiger partial charge in [-0.15, -0.1) is 0 Å². The fourth-order valence-corrected chi connectivity index (χ4v) is 2.48. The van der Waals surface area contributed by atoms with E-state index in [1.807, 2.05) is 0 Å². The number of aryl methyl sites for hydroxylation is 1. The highest BCUT2D eigenvalue weighted by Gasteiger charge is 2.12. The Morgan fingerprint density at radius 1 is 1.35 bits per heavy atom. The van der Waals surface area contributed by atoms with Gasteiger partial charge in [-0.2, -0.15) is 0 Å². The number of aliphatic hydroxyl groups excluding tert-OH is 1. The maximum atomic E-state index is 9.02. The Kier molecular flexibility index (Phi) is 6.17. The van der Waals surface area contributed by atoms with E-state index in [4.69, 9.17) is 5.11 Å². The average molecular weight is 300 g/mol.